The van der Waals surface area contributed by atoms with E-state index in [1.54, 1.807) is 0 Å². The van der Waals surface area contributed by atoms with Gasteiger partial charge < -0.3 is 4.74 Å². The van der Waals surface area contributed by atoms with Crippen molar-refractivity contribution in [3.05, 3.63) is 29.8 Å². The monoisotopic (exact) mass is 246 g/mol. The van der Waals surface area contributed by atoms with Crippen LogP contribution in [0.4, 0.5) is 13.2 Å². The molecule has 0 N–H and O–H groups in total. The molecule has 0 aliphatic heterocycles. The molecule has 2 nitrogen and oxygen atoms in total. The van der Waals surface area contributed by atoms with Gasteiger partial charge in [-0.05, 0) is 18.1 Å². The van der Waals surface area contributed by atoms with Gasteiger partial charge in [0.1, 0.15) is 5.75 Å². The van der Waals surface area contributed by atoms with Gasteiger partial charge in [-0.3, -0.25) is 4.79 Å². The van der Waals surface area contributed by atoms with Crippen molar-refractivity contribution in [2.75, 3.05) is 6.61 Å². The maximum Gasteiger partial charge on any atom is 0.455 e. The van der Waals surface area contributed by atoms with Crippen LogP contribution < -0.4 is 4.74 Å². The molecule has 1 rings (SSSR count). The van der Waals surface area contributed by atoms with Gasteiger partial charge in [-0.15, -0.1) is 0 Å². The molecule has 0 aliphatic carbocycles. The van der Waals surface area contributed by atoms with Crippen molar-refractivity contribution >= 4 is 5.78 Å². The molecule has 0 aromatic heterocycles. The maximum atomic E-state index is 12.3. The number of halogens is 3. The van der Waals surface area contributed by atoms with E-state index >= 15 is 0 Å². The first kappa shape index (κ1) is 13.5. The van der Waals surface area contributed by atoms with E-state index in [2.05, 4.69) is 0 Å². The van der Waals surface area contributed by atoms with Gasteiger partial charge in [-0.2, -0.15) is 13.2 Å². The van der Waals surface area contributed by atoms with E-state index in [9.17, 15) is 18.0 Å². The van der Waals surface area contributed by atoms with Crippen LogP contribution in [0.3, 0.4) is 0 Å². The van der Waals surface area contributed by atoms with Crippen LogP contribution in [0, 0.1) is 5.92 Å². The normalized spacial score (nSPS) is 11.6. The number of benzene rings is 1. The third-order valence-corrected chi connectivity index (χ3v) is 1.96. The van der Waals surface area contributed by atoms with Crippen LogP contribution in [-0.2, 0) is 0 Å². The predicted octanol–water partition coefficient (Wildman–Crippen LogP) is 3.47. The smallest absolute Gasteiger partial charge is 0.455 e. The number of ether oxygens (including phenoxy) is 1. The highest BCUT2D eigenvalue weighted by atomic mass is 19.4. The van der Waals surface area contributed by atoms with Crippen LogP contribution in [0.1, 0.15) is 24.2 Å². The van der Waals surface area contributed by atoms with Crippen molar-refractivity contribution < 1.29 is 22.7 Å². The molecule has 0 amide bonds. The lowest BCUT2D eigenvalue weighted by Gasteiger charge is -2.13. The zero-order valence-electron chi connectivity index (χ0n) is 9.54. The fraction of sp³-hybridized carbons (Fsp3) is 0.417. The summed E-state index contributed by atoms with van der Waals surface area (Å²) in [5.41, 5.74) is -0.444. The molecular formula is C12H13F3O2. The van der Waals surface area contributed by atoms with E-state index in [1.807, 2.05) is 13.8 Å². The van der Waals surface area contributed by atoms with Crippen LogP contribution in [0.25, 0.3) is 0 Å². The molecule has 0 bridgehead atoms. The molecule has 5 heteroatoms. The lowest BCUT2D eigenvalue weighted by atomic mass is 10.1. The molecule has 0 atom stereocenters. The minimum atomic E-state index is -4.88. The minimum absolute atomic E-state index is 0.0245. The molecule has 17 heavy (non-hydrogen) atoms. The lowest BCUT2D eigenvalue weighted by Crippen LogP contribution is -2.23. The Morgan fingerprint density at radius 2 is 1.88 bits per heavy atom. The van der Waals surface area contributed by atoms with Gasteiger partial charge in [-0.1, -0.05) is 26.0 Å². The molecule has 0 radical (unpaired) electrons. The number of ketones is 1. The molecule has 1 aromatic rings. The summed E-state index contributed by atoms with van der Waals surface area (Å²) >= 11 is 0. The summed E-state index contributed by atoms with van der Waals surface area (Å²) in [4.78, 5) is 11.1. The number of carbonyl (C=O) groups excluding carboxylic acids is 1. The molecule has 94 valence electrons. The summed E-state index contributed by atoms with van der Waals surface area (Å²) < 4.78 is 42.1. The van der Waals surface area contributed by atoms with Crippen molar-refractivity contribution in [1.29, 1.82) is 0 Å². The number of rotatable bonds is 4. The highest BCUT2D eigenvalue weighted by Crippen LogP contribution is 2.27. The lowest BCUT2D eigenvalue weighted by molar-refractivity contribution is -0.0886. The van der Waals surface area contributed by atoms with E-state index in [1.165, 1.54) is 18.2 Å². The number of hydrogen-bond donors (Lipinski definition) is 0. The summed E-state index contributed by atoms with van der Waals surface area (Å²) in [6.07, 6.45) is -4.88. The SMILES string of the molecule is CC(C)COc1ccccc1C(=O)C(F)(F)F. The van der Waals surface area contributed by atoms with Gasteiger partial charge in [0.25, 0.3) is 5.78 Å². The second-order valence-corrected chi connectivity index (χ2v) is 4.03. The predicted molar refractivity (Wildman–Crippen MR) is 57.2 cm³/mol. The fourth-order valence-corrected chi connectivity index (χ4v) is 1.19. The number of carbonyl (C=O) groups is 1. The van der Waals surface area contributed by atoms with Gasteiger partial charge in [0.15, 0.2) is 0 Å². The van der Waals surface area contributed by atoms with Crippen LogP contribution in [-0.4, -0.2) is 18.6 Å². The van der Waals surface area contributed by atoms with Crippen molar-refractivity contribution in [3.8, 4) is 5.75 Å². The van der Waals surface area contributed by atoms with E-state index in [0.29, 0.717) is 0 Å². The number of Topliss-reactive ketones (excluding diaryl/α,β-unsaturated/α-hetero) is 1. The molecule has 0 saturated carbocycles. The highest BCUT2D eigenvalue weighted by molar-refractivity contribution is 6.02. The first-order chi connectivity index (χ1) is 7.82. The Kier molecular flexibility index (Phi) is 4.15. The number of para-hydroxylation sites is 1. The molecule has 1 aromatic carbocycles. The molecule has 0 aliphatic rings. The Morgan fingerprint density at radius 1 is 1.29 bits per heavy atom. The van der Waals surface area contributed by atoms with Gasteiger partial charge in [0.05, 0.1) is 12.2 Å². The summed E-state index contributed by atoms with van der Waals surface area (Å²) in [6, 6.07) is 5.39. The first-order valence-electron chi connectivity index (χ1n) is 5.15. The Balaban J connectivity index is 2.96. The van der Waals surface area contributed by atoms with Crippen molar-refractivity contribution in [2.45, 2.75) is 20.0 Å². The maximum absolute atomic E-state index is 12.3. The van der Waals surface area contributed by atoms with Crippen molar-refractivity contribution in [2.24, 2.45) is 5.92 Å². The van der Waals surface area contributed by atoms with Gasteiger partial charge in [0, 0.05) is 0 Å². The molecule has 0 saturated heterocycles. The second-order valence-electron chi connectivity index (χ2n) is 4.03. The zero-order chi connectivity index (χ0) is 13.1. The number of alkyl halides is 3. The Morgan fingerprint density at radius 3 is 2.41 bits per heavy atom. The van der Waals surface area contributed by atoms with Crippen molar-refractivity contribution in [1.82, 2.24) is 0 Å². The zero-order valence-corrected chi connectivity index (χ0v) is 9.54. The molecular weight excluding hydrogens is 233 g/mol. The highest BCUT2D eigenvalue weighted by Gasteiger charge is 2.40. The van der Waals surface area contributed by atoms with E-state index < -0.39 is 17.5 Å². The largest absolute Gasteiger partial charge is 0.493 e. The molecule has 0 unspecified atom stereocenters. The number of hydrogen-bond acceptors (Lipinski definition) is 2. The quantitative estimate of drug-likeness (QED) is 0.760. The standard InChI is InChI=1S/C12H13F3O2/c1-8(2)7-17-10-6-4-3-5-9(10)11(16)12(13,14)15/h3-6,8H,7H2,1-2H3. The first-order valence-corrected chi connectivity index (χ1v) is 5.15. The third kappa shape index (κ3) is 3.76. The summed E-state index contributed by atoms with van der Waals surface area (Å²) in [7, 11) is 0. The van der Waals surface area contributed by atoms with Gasteiger partial charge in [-0.25, -0.2) is 0 Å². The van der Waals surface area contributed by atoms with Crippen LogP contribution in [0.5, 0.6) is 5.75 Å². The average Bonchev–Trinajstić information content (AvgIpc) is 2.24. The Labute approximate surface area is 97.4 Å². The topological polar surface area (TPSA) is 26.3 Å². The van der Waals surface area contributed by atoms with Crippen LogP contribution in [0.15, 0.2) is 24.3 Å². The fourth-order valence-electron chi connectivity index (χ4n) is 1.19. The van der Waals surface area contributed by atoms with E-state index in [0.717, 1.165) is 6.07 Å². The van der Waals surface area contributed by atoms with E-state index in [4.69, 9.17) is 4.74 Å². The molecule has 0 spiro atoms. The van der Waals surface area contributed by atoms with Crippen LogP contribution in [0.2, 0.25) is 0 Å². The van der Waals surface area contributed by atoms with Gasteiger partial charge >= 0.3 is 6.18 Å². The molecule has 0 fully saturated rings. The summed E-state index contributed by atoms with van der Waals surface area (Å²) in [5, 5.41) is 0. The third-order valence-electron chi connectivity index (χ3n) is 1.96. The van der Waals surface area contributed by atoms with Crippen LogP contribution >= 0.6 is 0 Å². The van der Waals surface area contributed by atoms with E-state index in [-0.39, 0.29) is 18.3 Å². The average molecular weight is 246 g/mol. The second kappa shape index (κ2) is 5.21. The van der Waals surface area contributed by atoms with Crippen molar-refractivity contribution in [3.63, 3.8) is 0 Å². The Bertz CT molecular complexity index is 397. The minimum Gasteiger partial charge on any atom is -0.493 e. The summed E-state index contributed by atoms with van der Waals surface area (Å²) in [6.45, 7) is 4.00. The Hall–Kier alpha value is -1.52. The molecule has 0 heterocycles. The summed E-state index contributed by atoms with van der Waals surface area (Å²) in [5.74, 6) is -1.73. The van der Waals surface area contributed by atoms with Gasteiger partial charge in [0.2, 0.25) is 0 Å².